The van der Waals surface area contributed by atoms with Gasteiger partial charge in [0.25, 0.3) is 27.1 Å². The topological polar surface area (TPSA) is 268 Å². The van der Waals surface area contributed by atoms with Gasteiger partial charge in [0, 0.05) is 24.7 Å². The van der Waals surface area contributed by atoms with Crippen molar-refractivity contribution < 1.29 is 46.2 Å². The van der Waals surface area contributed by atoms with Crippen molar-refractivity contribution in [2.75, 3.05) is 4.72 Å². The van der Waals surface area contributed by atoms with Gasteiger partial charge in [0.15, 0.2) is 4.90 Å². The molecule has 0 fully saturated rings. The number of benzene rings is 4. The van der Waals surface area contributed by atoms with Crippen molar-refractivity contribution in [2.45, 2.75) is 16.3 Å². The van der Waals surface area contributed by atoms with Gasteiger partial charge in [-0.2, -0.15) is 0 Å². The van der Waals surface area contributed by atoms with E-state index in [4.69, 9.17) is 4.74 Å². The van der Waals surface area contributed by atoms with Crippen LogP contribution in [-0.4, -0.2) is 42.7 Å². The Hall–Kier alpha value is -5.99. The second kappa shape index (κ2) is 12.9. The van der Waals surface area contributed by atoms with Crippen LogP contribution in [0.25, 0.3) is 0 Å². The minimum absolute atomic E-state index is 0.00498. The lowest BCUT2D eigenvalue weighted by Gasteiger charge is -2.13. The number of anilines is 1. The Morgan fingerprint density at radius 1 is 0.717 bits per heavy atom. The minimum atomic E-state index is -4.47. The SMILES string of the molecule is O=C(O)c1cc(Oc2ccc(CNS(=O)(=O)c3ccc([N+](=O)[O-])cc3[N+](=O)[O-])cc2)ccc1NS(=O)(=O)c1ccc([N+](=O)[O-])cc1. The largest absolute Gasteiger partial charge is 0.478 e. The van der Waals surface area contributed by atoms with Crippen molar-refractivity contribution in [1.29, 1.82) is 0 Å². The van der Waals surface area contributed by atoms with E-state index in [1.807, 2.05) is 0 Å². The van der Waals surface area contributed by atoms with Gasteiger partial charge in [-0.15, -0.1) is 0 Å². The van der Waals surface area contributed by atoms with Crippen LogP contribution in [0.2, 0.25) is 0 Å². The number of carboxylic acids is 1. The van der Waals surface area contributed by atoms with Gasteiger partial charge in [-0.05, 0) is 54.1 Å². The third kappa shape index (κ3) is 7.56. The van der Waals surface area contributed by atoms with Crippen LogP contribution in [0.5, 0.6) is 11.5 Å². The lowest BCUT2D eigenvalue weighted by atomic mass is 10.1. The fourth-order valence-electron chi connectivity index (χ4n) is 3.86. The van der Waals surface area contributed by atoms with E-state index in [0.29, 0.717) is 11.6 Å². The molecule has 238 valence electrons. The first-order valence-electron chi connectivity index (χ1n) is 12.4. The lowest BCUT2D eigenvalue weighted by Crippen LogP contribution is -2.24. The summed E-state index contributed by atoms with van der Waals surface area (Å²) < 4.78 is 60.9. The average Bonchev–Trinajstić information content (AvgIpc) is 3.01. The third-order valence-corrected chi connectivity index (χ3v) is 8.92. The summed E-state index contributed by atoms with van der Waals surface area (Å²) in [5.74, 6) is -1.33. The zero-order valence-corrected chi connectivity index (χ0v) is 24.4. The molecule has 0 atom stereocenters. The van der Waals surface area contributed by atoms with Gasteiger partial charge in [0.2, 0.25) is 10.0 Å². The number of sulfonamides is 2. The predicted octanol–water partition coefficient (Wildman–Crippen LogP) is 4.18. The molecule has 0 aliphatic carbocycles. The summed E-state index contributed by atoms with van der Waals surface area (Å²) in [4.78, 5) is 41.2. The van der Waals surface area contributed by atoms with E-state index in [-0.39, 0.29) is 34.3 Å². The number of carboxylic acid groups (broad SMARTS) is 1. The predicted molar refractivity (Wildman–Crippen MR) is 158 cm³/mol. The van der Waals surface area contributed by atoms with E-state index in [0.717, 1.165) is 48.5 Å². The summed E-state index contributed by atoms with van der Waals surface area (Å²) in [7, 11) is -8.79. The van der Waals surface area contributed by atoms with Crippen LogP contribution in [-0.2, 0) is 26.6 Å². The minimum Gasteiger partial charge on any atom is -0.478 e. The van der Waals surface area contributed by atoms with Crippen molar-refractivity contribution in [3.8, 4) is 11.5 Å². The maximum Gasteiger partial charge on any atom is 0.337 e. The van der Waals surface area contributed by atoms with Crippen molar-refractivity contribution in [3.63, 3.8) is 0 Å². The fourth-order valence-corrected chi connectivity index (χ4v) is 6.11. The normalized spacial score (nSPS) is 11.4. The molecule has 0 spiro atoms. The first-order chi connectivity index (χ1) is 21.6. The van der Waals surface area contributed by atoms with E-state index in [2.05, 4.69) is 9.44 Å². The fraction of sp³-hybridized carbons (Fsp3) is 0.0385. The molecule has 0 saturated carbocycles. The van der Waals surface area contributed by atoms with E-state index in [1.165, 1.54) is 30.3 Å². The van der Waals surface area contributed by atoms with Gasteiger partial charge in [0.05, 0.1) is 37.0 Å². The summed E-state index contributed by atoms with van der Waals surface area (Å²) in [6.45, 7) is -0.330. The molecule has 0 bridgehead atoms. The molecule has 18 nitrogen and oxygen atoms in total. The molecule has 4 aromatic rings. The monoisotopic (exact) mass is 673 g/mol. The highest BCUT2D eigenvalue weighted by molar-refractivity contribution is 7.92. The molecule has 0 aliphatic heterocycles. The molecule has 46 heavy (non-hydrogen) atoms. The quantitative estimate of drug-likeness (QED) is 0.133. The first-order valence-corrected chi connectivity index (χ1v) is 15.4. The number of nitrogens with one attached hydrogen (secondary N) is 2. The maximum absolute atomic E-state index is 12.7. The van der Waals surface area contributed by atoms with Crippen LogP contribution in [0.3, 0.4) is 0 Å². The van der Waals surface area contributed by atoms with Crippen molar-refractivity contribution in [1.82, 2.24) is 4.72 Å². The number of hydrogen-bond donors (Lipinski definition) is 3. The zero-order valence-electron chi connectivity index (χ0n) is 22.8. The second-order valence-electron chi connectivity index (χ2n) is 9.11. The van der Waals surface area contributed by atoms with Crippen LogP contribution in [0.4, 0.5) is 22.7 Å². The van der Waals surface area contributed by atoms with E-state index in [9.17, 15) is 57.1 Å². The molecule has 0 unspecified atom stereocenters. The van der Waals surface area contributed by atoms with Gasteiger partial charge in [-0.25, -0.2) is 26.4 Å². The highest BCUT2D eigenvalue weighted by Gasteiger charge is 2.28. The number of rotatable bonds is 13. The van der Waals surface area contributed by atoms with Crippen molar-refractivity contribution >= 4 is 48.8 Å². The number of nitrogens with zero attached hydrogens (tertiary/aromatic N) is 3. The molecule has 0 amide bonds. The molecule has 4 aromatic carbocycles. The third-order valence-electron chi connectivity index (χ3n) is 6.09. The van der Waals surface area contributed by atoms with Crippen LogP contribution >= 0.6 is 0 Å². The first kappa shape index (κ1) is 32.9. The summed E-state index contributed by atoms with van der Waals surface area (Å²) >= 11 is 0. The highest BCUT2D eigenvalue weighted by Crippen LogP contribution is 2.30. The number of hydrogen-bond acceptors (Lipinski definition) is 12. The summed E-state index contributed by atoms with van der Waals surface area (Å²) in [6, 6.07) is 15.2. The van der Waals surface area contributed by atoms with Gasteiger partial charge >= 0.3 is 5.97 Å². The summed E-state index contributed by atoms with van der Waals surface area (Å²) in [5, 5.41) is 42.7. The number of nitro benzene ring substituents is 3. The number of nitro groups is 3. The van der Waals surface area contributed by atoms with E-state index < -0.39 is 62.6 Å². The number of non-ortho nitro benzene ring substituents is 2. The average molecular weight is 674 g/mol. The van der Waals surface area contributed by atoms with Gasteiger partial charge in [-0.3, -0.25) is 35.1 Å². The van der Waals surface area contributed by atoms with Gasteiger partial charge in [-0.1, -0.05) is 12.1 Å². The maximum atomic E-state index is 12.7. The lowest BCUT2D eigenvalue weighted by molar-refractivity contribution is -0.396. The molecule has 0 aliphatic rings. The van der Waals surface area contributed by atoms with Crippen molar-refractivity contribution in [3.05, 3.63) is 126 Å². The Bertz CT molecular complexity index is 2090. The number of carbonyl (C=O) groups is 1. The van der Waals surface area contributed by atoms with Crippen LogP contribution in [0.1, 0.15) is 15.9 Å². The smallest absolute Gasteiger partial charge is 0.337 e. The molecular weight excluding hydrogens is 654 g/mol. The molecule has 0 radical (unpaired) electrons. The van der Waals surface area contributed by atoms with Crippen LogP contribution in [0, 0.1) is 30.3 Å². The second-order valence-corrected chi connectivity index (χ2v) is 12.5. The summed E-state index contributed by atoms with van der Waals surface area (Å²) in [6.07, 6.45) is 0. The molecule has 20 heteroatoms. The Balaban J connectivity index is 1.46. The Morgan fingerprint density at radius 3 is 1.87 bits per heavy atom. The molecule has 4 rings (SSSR count). The van der Waals surface area contributed by atoms with Crippen LogP contribution < -0.4 is 14.2 Å². The zero-order chi connectivity index (χ0) is 33.8. The molecule has 0 saturated heterocycles. The van der Waals surface area contributed by atoms with Gasteiger partial charge in [0.1, 0.15) is 11.5 Å². The molecule has 0 heterocycles. The van der Waals surface area contributed by atoms with Crippen molar-refractivity contribution in [2.24, 2.45) is 0 Å². The number of aromatic carboxylic acids is 1. The molecule has 0 aromatic heterocycles. The number of ether oxygens (including phenoxy) is 1. The molecular formula is C26H19N5O13S2. The Labute approximate surface area is 258 Å². The van der Waals surface area contributed by atoms with Gasteiger partial charge < -0.3 is 9.84 Å². The highest BCUT2D eigenvalue weighted by atomic mass is 32.2. The van der Waals surface area contributed by atoms with E-state index in [1.54, 1.807) is 0 Å². The Morgan fingerprint density at radius 2 is 1.30 bits per heavy atom. The Kier molecular flexibility index (Phi) is 9.25. The van der Waals surface area contributed by atoms with E-state index >= 15 is 0 Å². The standard InChI is InChI=1S/C26H19N5O13S2/c32-26(33)22-14-20(8-11-23(22)28-45(40,41)21-9-3-17(4-10-21)29(34)35)44-19-6-1-16(2-7-19)15-27-46(42,43)25-12-5-18(30(36)37)13-24(25)31(38)39/h1-14,27-28H,15H2,(H,32,33). The van der Waals surface area contributed by atoms with Crippen LogP contribution in [0.15, 0.2) is 94.7 Å². The summed E-state index contributed by atoms with van der Waals surface area (Å²) in [5.41, 5.74) is -2.38. The molecule has 3 N–H and O–H groups in total.